The topological polar surface area (TPSA) is 76.4 Å². The van der Waals surface area contributed by atoms with E-state index in [0.717, 1.165) is 16.8 Å². The van der Waals surface area contributed by atoms with E-state index in [9.17, 15) is 9.90 Å². The first-order valence-corrected chi connectivity index (χ1v) is 8.45. The van der Waals surface area contributed by atoms with E-state index in [0.29, 0.717) is 23.0 Å². The van der Waals surface area contributed by atoms with Crippen molar-refractivity contribution in [2.24, 2.45) is 0 Å². The summed E-state index contributed by atoms with van der Waals surface area (Å²) in [4.78, 5) is 12.3. The predicted molar refractivity (Wildman–Crippen MR) is 98.3 cm³/mol. The molecule has 7 heteroatoms. The van der Waals surface area contributed by atoms with Gasteiger partial charge in [-0.3, -0.25) is 4.79 Å². The average molecular weight is 370 g/mol. The van der Waals surface area contributed by atoms with Crippen LogP contribution >= 0.6 is 11.6 Å². The number of carbonyl (C=O) groups is 1. The minimum Gasteiger partial charge on any atom is -0.504 e. The summed E-state index contributed by atoms with van der Waals surface area (Å²) in [6.07, 6.45) is 2.04. The smallest absolute Gasteiger partial charge is 0.226 e. The molecule has 0 saturated heterocycles. The predicted octanol–water partition coefficient (Wildman–Crippen LogP) is 3.71. The van der Waals surface area contributed by atoms with Gasteiger partial charge in [0.05, 0.1) is 19.0 Å². The van der Waals surface area contributed by atoms with Crippen molar-refractivity contribution in [3.8, 4) is 17.2 Å². The van der Waals surface area contributed by atoms with Crippen molar-refractivity contribution in [2.45, 2.75) is 12.3 Å². The van der Waals surface area contributed by atoms with Crippen molar-refractivity contribution in [2.75, 3.05) is 12.4 Å². The molecular formula is C19H16ClN3O3. The zero-order valence-electron chi connectivity index (χ0n) is 13.9. The number of amides is 1. The highest BCUT2D eigenvalue weighted by atomic mass is 35.5. The lowest BCUT2D eigenvalue weighted by Crippen LogP contribution is -2.24. The van der Waals surface area contributed by atoms with Crippen LogP contribution in [0, 0.1) is 0 Å². The zero-order valence-corrected chi connectivity index (χ0v) is 14.7. The summed E-state index contributed by atoms with van der Waals surface area (Å²) in [7, 11) is 1.50. The molecule has 0 unspecified atom stereocenters. The Hall–Kier alpha value is -2.99. The fourth-order valence-electron chi connectivity index (χ4n) is 3.23. The number of rotatable bonds is 3. The molecule has 0 spiro atoms. The van der Waals surface area contributed by atoms with Crippen LogP contribution in [0.25, 0.3) is 5.69 Å². The number of phenols is 1. The molecular weight excluding hydrogens is 354 g/mol. The van der Waals surface area contributed by atoms with Crippen molar-refractivity contribution in [3.05, 3.63) is 64.8 Å². The molecule has 132 valence electrons. The number of nitrogens with one attached hydrogen (secondary N) is 1. The maximum absolute atomic E-state index is 12.3. The molecule has 1 aliphatic rings. The molecule has 2 N–H and O–H groups in total. The number of anilines is 1. The molecule has 1 aliphatic heterocycles. The second-order valence-electron chi connectivity index (χ2n) is 6.08. The van der Waals surface area contributed by atoms with Gasteiger partial charge in [-0.1, -0.05) is 23.7 Å². The van der Waals surface area contributed by atoms with Crippen molar-refractivity contribution in [1.29, 1.82) is 0 Å². The molecule has 3 aromatic rings. The van der Waals surface area contributed by atoms with Crippen molar-refractivity contribution in [1.82, 2.24) is 9.78 Å². The summed E-state index contributed by atoms with van der Waals surface area (Å²) < 4.78 is 6.86. The van der Waals surface area contributed by atoms with Gasteiger partial charge in [0.1, 0.15) is 5.82 Å². The van der Waals surface area contributed by atoms with E-state index in [-0.39, 0.29) is 17.6 Å². The van der Waals surface area contributed by atoms with E-state index >= 15 is 0 Å². The fourth-order valence-corrected chi connectivity index (χ4v) is 3.42. The highest BCUT2D eigenvalue weighted by molar-refractivity contribution is 6.30. The van der Waals surface area contributed by atoms with E-state index < -0.39 is 0 Å². The van der Waals surface area contributed by atoms with Crippen LogP contribution in [0.3, 0.4) is 0 Å². The molecule has 4 rings (SSSR count). The molecule has 2 aromatic carbocycles. The number of hydrogen-bond acceptors (Lipinski definition) is 4. The van der Waals surface area contributed by atoms with Gasteiger partial charge in [0.15, 0.2) is 11.5 Å². The Morgan fingerprint density at radius 1 is 1.31 bits per heavy atom. The third-order valence-electron chi connectivity index (χ3n) is 4.48. The van der Waals surface area contributed by atoms with Gasteiger partial charge in [0.25, 0.3) is 0 Å². The van der Waals surface area contributed by atoms with Crippen molar-refractivity contribution >= 4 is 23.3 Å². The van der Waals surface area contributed by atoms with Crippen LogP contribution in [0.2, 0.25) is 5.02 Å². The van der Waals surface area contributed by atoms with Gasteiger partial charge in [-0.25, -0.2) is 4.68 Å². The van der Waals surface area contributed by atoms with Crippen LogP contribution in [-0.4, -0.2) is 27.9 Å². The summed E-state index contributed by atoms with van der Waals surface area (Å²) in [5.74, 6) is 0.781. The summed E-state index contributed by atoms with van der Waals surface area (Å²) in [5.41, 5.74) is 2.54. The molecule has 0 aliphatic carbocycles. The van der Waals surface area contributed by atoms with E-state index in [4.69, 9.17) is 16.3 Å². The first kappa shape index (κ1) is 16.5. The summed E-state index contributed by atoms with van der Waals surface area (Å²) in [6, 6.07) is 12.4. The fraction of sp³-hybridized carbons (Fsp3) is 0.158. The molecule has 0 saturated carbocycles. The number of halogens is 1. The molecule has 6 nitrogen and oxygen atoms in total. The first-order valence-electron chi connectivity index (χ1n) is 8.07. The average Bonchev–Trinajstić information content (AvgIpc) is 3.05. The van der Waals surface area contributed by atoms with Crippen LogP contribution < -0.4 is 10.1 Å². The highest BCUT2D eigenvalue weighted by Crippen LogP contribution is 2.40. The SMILES string of the molecule is COc1cc([C@@H]2CC(=O)Nc3c2cnn3-c2cccc(Cl)c2)ccc1O. The summed E-state index contributed by atoms with van der Waals surface area (Å²) in [6.45, 7) is 0. The van der Waals surface area contributed by atoms with Crippen LogP contribution in [-0.2, 0) is 4.79 Å². The van der Waals surface area contributed by atoms with Gasteiger partial charge in [-0.2, -0.15) is 5.10 Å². The Morgan fingerprint density at radius 2 is 2.15 bits per heavy atom. The molecule has 0 radical (unpaired) electrons. The first-order chi connectivity index (χ1) is 12.6. The van der Waals surface area contributed by atoms with E-state index in [2.05, 4.69) is 10.4 Å². The highest BCUT2D eigenvalue weighted by Gasteiger charge is 2.30. The zero-order chi connectivity index (χ0) is 18.3. The monoisotopic (exact) mass is 369 g/mol. The third kappa shape index (κ3) is 2.78. The number of phenolic OH excluding ortho intramolecular Hbond substituents is 1. The minimum absolute atomic E-state index is 0.0614. The van der Waals surface area contributed by atoms with Gasteiger partial charge in [-0.05, 0) is 35.9 Å². The molecule has 1 amide bonds. The number of nitrogens with zero attached hydrogens (tertiary/aromatic N) is 2. The van der Waals surface area contributed by atoms with Gasteiger partial charge in [0.2, 0.25) is 5.91 Å². The molecule has 2 heterocycles. The lowest BCUT2D eigenvalue weighted by atomic mass is 9.87. The normalized spacial score (nSPS) is 16.1. The molecule has 0 bridgehead atoms. The Morgan fingerprint density at radius 3 is 2.92 bits per heavy atom. The van der Waals surface area contributed by atoms with E-state index in [1.54, 1.807) is 41.2 Å². The number of ether oxygens (including phenoxy) is 1. The Balaban J connectivity index is 1.81. The number of carbonyl (C=O) groups excluding carboxylic acids is 1. The van der Waals surface area contributed by atoms with Crippen molar-refractivity contribution < 1.29 is 14.6 Å². The molecule has 1 aromatic heterocycles. The third-order valence-corrected chi connectivity index (χ3v) is 4.71. The maximum atomic E-state index is 12.3. The number of methoxy groups -OCH3 is 1. The number of benzene rings is 2. The number of fused-ring (bicyclic) bond motifs is 1. The van der Waals surface area contributed by atoms with Crippen LogP contribution in [0.15, 0.2) is 48.7 Å². The second kappa shape index (κ2) is 6.38. The standard InChI is InChI=1S/C19H16ClN3O3/c1-26-17-7-11(5-6-16(17)24)14-9-18(25)22-19-15(14)10-21-23(19)13-4-2-3-12(20)8-13/h2-8,10,14,24H,9H2,1H3,(H,22,25)/t14-/m0/s1. The molecule has 0 fully saturated rings. The minimum atomic E-state index is -0.179. The molecule has 1 atom stereocenters. The number of hydrogen-bond donors (Lipinski definition) is 2. The number of aromatic nitrogens is 2. The quantitative estimate of drug-likeness (QED) is 0.737. The Kier molecular flexibility index (Phi) is 4.05. The lowest BCUT2D eigenvalue weighted by molar-refractivity contribution is -0.116. The van der Waals surface area contributed by atoms with E-state index in [1.807, 2.05) is 12.1 Å². The van der Waals surface area contributed by atoms with Crippen molar-refractivity contribution in [3.63, 3.8) is 0 Å². The van der Waals surface area contributed by atoms with Gasteiger partial charge in [-0.15, -0.1) is 0 Å². The second-order valence-corrected chi connectivity index (χ2v) is 6.51. The summed E-state index contributed by atoms with van der Waals surface area (Å²) >= 11 is 6.08. The Bertz CT molecular complexity index is 999. The van der Waals surface area contributed by atoms with E-state index in [1.165, 1.54) is 7.11 Å². The van der Waals surface area contributed by atoms with Crippen LogP contribution in [0.1, 0.15) is 23.5 Å². The summed E-state index contributed by atoms with van der Waals surface area (Å²) in [5, 5.41) is 17.8. The van der Waals surface area contributed by atoms with Gasteiger partial charge >= 0.3 is 0 Å². The van der Waals surface area contributed by atoms with Crippen LogP contribution in [0.4, 0.5) is 5.82 Å². The lowest BCUT2D eigenvalue weighted by Gasteiger charge is -2.24. The molecule has 26 heavy (non-hydrogen) atoms. The van der Waals surface area contributed by atoms with Gasteiger partial charge < -0.3 is 15.2 Å². The van der Waals surface area contributed by atoms with Crippen LogP contribution in [0.5, 0.6) is 11.5 Å². The Labute approximate surface area is 155 Å². The maximum Gasteiger partial charge on any atom is 0.226 e. The van der Waals surface area contributed by atoms with Gasteiger partial charge in [0, 0.05) is 22.9 Å². The number of aromatic hydroxyl groups is 1. The largest absolute Gasteiger partial charge is 0.504 e.